The highest BCUT2D eigenvalue weighted by Gasteiger charge is 2.35. The van der Waals surface area contributed by atoms with Crippen molar-refractivity contribution >= 4 is 29.5 Å². The Kier molecular flexibility index (Phi) is 7.53. The molecule has 0 aromatic heterocycles. The van der Waals surface area contributed by atoms with Crippen molar-refractivity contribution < 1.29 is 19.1 Å². The summed E-state index contributed by atoms with van der Waals surface area (Å²) in [7, 11) is 1.56. The highest BCUT2D eigenvalue weighted by Crippen LogP contribution is 2.29. The second-order valence-corrected chi connectivity index (χ2v) is 8.63. The van der Waals surface area contributed by atoms with Crippen molar-refractivity contribution in [2.75, 3.05) is 7.11 Å². The molecule has 0 fully saturated rings. The van der Waals surface area contributed by atoms with Crippen LogP contribution >= 0.6 is 11.6 Å². The van der Waals surface area contributed by atoms with E-state index in [0.29, 0.717) is 34.3 Å². The number of hydrogen-bond acceptors (Lipinski definition) is 5. The van der Waals surface area contributed by atoms with E-state index in [1.54, 1.807) is 56.5 Å². The molecular weight excluding hydrogens is 476 g/mol. The van der Waals surface area contributed by atoms with Crippen LogP contribution in [-0.2, 0) is 22.7 Å². The van der Waals surface area contributed by atoms with Crippen molar-refractivity contribution in [3.63, 3.8) is 0 Å². The van der Waals surface area contributed by atoms with Crippen molar-refractivity contribution in [3.05, 3.63) is 111 Å². The highest BCUT2D eigenvalue weighted by atomic mass is 35.5. The van der Waals surface area contributed by atoms with E-state index in [-0.39, 0.29) is 12.1 Å². The molecule has 0 saturated heterocycles. The number of carbonyl (C=O) groups excluding carboxylic acids is 2. The molecule has 6 nitrogen and oxygen atoms in total. The number of benzene rings is 3. The molecule has 0 atom stereocenters. The van der Waals surface area contributed by atoms with E-state index in [1.807, 2.05) is 42.5 Å². The molecule has 0 radical (unpaired) electrons. The fourth-order valence-electron chi connectivity index (χ4n) is 3.76. The Labute approximate surface area is 214 Å². The first kappa shape index (κ1) is 24.8. The first-order valence-corrected chi connectivity index (χ1v) is 11.6. The molecule has 3 aromatic rings. The number of methoxy groups -OCH3 is 1. The maximum absolute atomic E-state index is 13.3. The monoisotopic (exact) mass is 498 g/mol. The van der Waals surface area contributed by atoms with E-state index in [0.717, 1.165) is 21.6 Å². The van der Waals surface area contributed by atoms with E-state index >= 15 is 0 Å². The average Bonchev–Trinajstić information content (AvgIpc) is 2.90. The van der Waals surface area contributed by atoms with Crippen LogP contribution in [-0.4, -0.2) is 23.8 Å². The van der Waals surface area contributed by atoms with Crippen molar-refractivity contribution in [2.45, 2.75) is 20.1 Å². The quantitative estimate of drug-likeness (QED) is 0.307. The lowest BCUT2D eigenvalue weighted by atomic mass is 9.93. The number of nitrogens with zero attached hydrogens (tertiary/aromatic N) is 2. The Bertz CT molecular complexity index is 1380. The van der Waals surface area contributed by atoms with Crippen molar-refractivity contribution in [2.24, 2.45) is 0 Å². The fourth-order valence-corrected chi connectivity index (χ4v) is 3.89. The molecule has 36 heavy (non-hydrogen) atoms. The smallest absolute Gasteiger partial charge is 0.271 e. The molecule has 0 spiro atoms. The maximum Gasteiger partial charge on any atom is 0.271 e. The minimum atomic E-state index is -0.598. The van der Waals surface area contributed by atoms with E-state index in [4.69, 9.17) is 21.1 Å². The van der Waals surface area contributed by atoms with E-state index < -0.39 is 11.8 Å². The van der Waals surface area contributed by atoms with Gasteiger partial charge in [0.05, 0.1) is 13.7 Å². The molecule has 1 aliphatic heterocycles. The van der Waals surface area contributed by atoms with Crippen LogP contribution in [0.3, 0.4) is 0 Å². The SMILES string of the molecule is COc1ccc(CN2C(=O)C(C#N)=C(C)/C(=C\c3ccc(OCc4ccc(Cl)cc4)cc3)C2=O)cc1. The second-order valence-electron chi connectivity index (χ2n) is 8.20. The van der Waals surface area contributed by atoms with Crippen LogP contribution in [0.25, 0.3) is 6.08 Å². The Balaban J connectivity index is 1.55. The molecule has 1 heterocycles. The van der Waals surface area contributed by atoms with Crippen LogP contribution in [0.2, 0.25) is 5.02 Å². The first-order chi connectivity index (χ1) is 17.4. The molecule has 3 aromatic carbocycles. The third-order valence-electron chi connectivity index (χ3n) is 5.83. The Hall–Kier alpha value is -4.34. The molecule has 0 saturated carbocycles. The van der Waals surface area contributed by atoms with Gasteiger partial charge in [0, 0.05) is 10.6 Å². The number of hydrogen-bond donors (Lipinski definition) is 0. The minimum absolute atomic E-state index is 0.0442. The van der Waals surface area contributed by atoms with Gasteiger partial charge in [0.2, 0.25) is 0 Å². The van der Waals surface area contributed by atoms with Crippen molar-refractivity contribution in [1.29, 1.82) is 5.26 Å². The molecule has 0 aliphatic carbocycles. The summed E-state index contributed by atoms with van der Waals surface area (Å²) in [6.07, 6.45) is 1.69. The van der Waals surface area contributed by atoms with Crippen molar-refractivity contribution in [1.82, 2.24) is 4.90 Å². The molecule has 1 aliphatic rings. The van der Waals surface area contributed by atoms with Crippen LogP contribution in [0, 0.1) is 11.3 Å². The maximum atomic E-state index is 13.3. The summed E-state index contributed by atoms with van der Waals surface area (Å²) in [4.78, 5) is 27.3. The predicted octanol–water partition coefficient (Wildman–Crippen LogP) is 5.72. The largest absolute Gasteiger partial charge is 0.497 e. The van der Waals surface area contributed by atoms with Gasteiger partial charge in [-0.2, -0.15) is 5.26 Å². The molecule has 0 bridgehead atoms. The Morgan fingerprint density at radius 2 is 1.50 bits per heavy atom. The summed E-state index contributed by atoms with van der Waals surface area (Å²) in [6, 6.07) is 23.7. The summed E-state index contributed by atoms with van der Waals surface area (Å²) >= 11 is 5.92. The molecule has 2 amide bonds. The van der Waals surface area contributed by atoms with Crippen molar-refractivity contribution in [3.8, 4) is 17.6 Å². The molecular formula is C29H23ClN2O4. The zero-order chi connectivity index (χ0) is 25.7. The van der Waals surface area contributed by atoms with Crippen LogP contribution in [0.5, 0.6) is 11.5 Å². The summed E-state index contributed by atoms with van der Waals surface area (Å²) in [6.45, 7) is 2.06. The Morgan fingerprint density at radius 3 is 2.11 bits per heavy atom. The van der Waals surface area contributed by atoms with E-state index in [9.17, 15) is 14.9 Å². The van der Waals surface area contributed by atoms with Gasteiger partial charge < -0.3 is 9.47 Å². The summed E-state index contributed by atoms with van der Waals surface area (Å²) in [5.74, 6) is 0.294. The van der Waals surface area contributed by atoms with Gasteiger partial charge in [0.1, 0.15) is 29.7 Å². The van der Waals surface area contributed by atoms with Crippen LogP contribution in [0.15, 0.2) is 89.5 Å². The Morgan fingerprint density at radius 1 is 0.889 bits per heavy atom. The number of ether oxygens (including phenoxy) is 2. The van der Waals surface area contributed by atoms with Crippen LogP contribution in [0.4, 0.5) is 0 Å². The van der Waals surface area contributed by atoms with Gasteiger partial charge in [-0.25, -0.2) is 0 Å². The lowest BCUT2D eigenvalue weighted by molar-refractivity contribution is -0.141. The third-order valence-corrected chi connectivity index (χ3v) is 6.09. The van der Waals surface area contributed by atoms with E-state index in [1.165, 1.54) is 0 Å². The van der Waals surface area contributed by atoms with Gasteiger partial charge in [-0.05, 0) is 71.7 Å². The third kappa shape index (κ3) is 5.48. The number of amides is 2. The van der Waals surface area contributed by atoms with Gasteiger partial charge in [0.25, 0.3) is 11.8 Å². The normalized spacial score (nSPS) is 14.7. The zero-order valence-corrected chi connectivity index (χ0v) is 20.6. The molecule has 180 valence electrons. The zero-order valence-electron chi connectivity index (χ0n) is 19.8. The van der Waals surface area contributed by atoms with Crippen LogP contribution in [0.1, 0.15) is 23.6 Å². The second kappa shape index (κ2) is 10.9. The number of carbonyl (C=O) groups is 2. The lowest BCUT2D eigenvalue weighted by Gasteiger charge is -2.27. The van der Waals surface area contributed by atoms with Gasteiger partial charge in [-0.15, -0.1) is 0 Å². The molecule has 0 unspecified atom stereocenters. The predicted molar refractivity (Wildman–Crippen MR) is 137 cm³/mol. The topological polar surface area (TPSA) is 79.6 Å². The van der Waals surface area contributed by atoms with E-state index in [2.05, 4.69) is 0 Å². The van der Waals surface area contributed by atoms with Crippen LogP contribution < -0.4 is 9.47 Å². The molecule has 7 heteroatoms. The number of rotatable bonds is 7. The summed E-state index contributed by atoms with van der Waals surface area (Å²) in [5, 5.41) is 10.3. The molecule has 4 rings (SSSR count). The number of imide groups is 1. The summed E-state index contributed by atoms with van der Waals surface area (Å²) in [5.41, 5.74) is 3.10. The van der Waals surface area contributed by atoms with Gasteiger partial charge in [0.15, 0.2) is 0 Å². The average molecular weight is 499 g/mol. The fraction of sp³-hybridized carbons (Fsp3) is 0.138. The first-order valence-electron chi connectivity index (χ1n) is 11.2. The summed E-state index contributed by atoms with van der Waals surface area (Å²) < 4.78 is 11.0. The molecule has 0 N–H and O–H groups in total. The van der Waals surface area contributed by atoms with Gasteiger partial charge in [-0.1, -0.05) is 48.0 Å². The number of halogens is 1. The number of nitriles is 1. The standard InChI is InChI=1S/C29H23ClN2O4/c1-19-26(15-20-5-13-25(14-6-20)36-18-22-3-9-23(30)10-4-22)28(33)32(29(34)27(19)16-31)17-21-7-11-24(35-2)12-8-21/h3-15H,17-18H2,1-2H3/b26-15+. The van der Waals surface area contributed by atoms with Gasteiger partial charge >= 0.3 is 0 Å². The van der Waals surface area contributed by atoms with Gasteiger partial charge in [-0.3, -0.25) is 14.5 Å². The minimum Gasteiger partial charge on any atom is -0.497 e. The highest BCUT2D eigenvalue weighted by molar-refractivity contribution is 6.30. The lowest BCUT2D eigenvalue weighted by Crippen LogP contribution is -2.42.